The molecule has 8 heavy (non-hydrogen) atoms. The van der Waals surface area contributed by atoms with E-state index in [9.17, 15) is 4.79 Å². The first-order valence-electron chi connectivity index (χ1n) is 3.26. The predicted molar refractivity (Wildman–Crippen MR) is 33.8 cm³/mol. The minimum Gasteiger partial charge on any atom is -0.311 e. The fraction of sp³-hybridized carbons (Fsp3) is 0.833. The van der Waals surface area contributed by atoms with Gasteiger partial charge >= 0.3 is 0 Å². The topological polar surface area (TPSA) is 29.1 Å². The van der Waals surface area contributed by atoms with Crippen LogP contribution in [0.4, 0.5) is 0 Å². The maximum absolute atomic E-state index is 10.7. The highest BCUT2D eigenvalue weighted by Crippen LogP contribution is 1.88. The molecule has 0 aliphatic carbocycles. The zero-order chi connectivity index (χ0) is 7.44. The Hall–Kier alpha value is -0.370. The third-order valence-electron chi connectivity index (χ3n) is 1.17. The van der Waals surface area contributed by atoms with Gasteiger partial charge in [0.1, 0.15) is 7.20 Å². The lowest BCUT2D eigenvalue weighted by Gasteiger charge is -2.07. The van der Waals surface area contributed by atoms with Gasteiger partial charge in [0, 0.05) is 0 Å². The van der Waals surface area contributed by atoms with E-state index in [0.29, 0.717) is 0 Å². The maximum Gasteiger partial charge on any atom is 0.146 e. The zero-order valence-corrected chi connectivity index (χ0v) is 5.64. The summed E-state index contributed by atoms with van der Waals surface area (Å²) in [5, 5.41) is 1.20. The largest absolute Gasteiger partial charge is 0.311 e. The maximum atomic E-state index is 10.7. The quantitative estimate of drug-likeness (QED) is 0.584. The molecular weight excluding hydrogens is 102 g/mol. The lowest BCUT2D eigenvalue weighted by Crippen LogP contribution is -2.31. The number of carbonyl (C=O) groups is 1. The molecule has 0 saturated heterocycles. The highest BCUT2D eigenvalue weighted by molar-refractivity contribution is 5.81. The molecule has 0 saturated carbocycles. The van der Waals surface area contributed by atoms with Crippen LogP contribution >= 0.6 is 0 Å². The van der Waals surface area contributed by atoms with Gasteiger partial charge in [0.05, 0.1) is 6.04 Å². The molecule has 0 heterocycles. The summed E-state index contributed by atoms with van der Waals surface area (Å²) in [7, 11) is 1.59. The summed E-state index contributed by atoms with van der Waals surface area (Å²) in [6, 6.07) is -0.218. The van der Waals surface area contributed by atoms with E-state index in [0.717, 1.165) is 6.42 Å². The Labute approximate surface area is 51.7 Å². The van der Waals surface area contributed by atoms with Crippen molar-refractivity contribution in [2.45, 2.75) is 26.3 Å². The van der Waals surface area contributed by atoms with Crippen LogP contribution in [-0.2, 0) is 4.79 Å². The molecule has 0 aliphatic rings. The molecule has 0 aromatic rings. The number of hydrogen-bond donors (Lipinski definition) is 1. The van der Waals surface area contributed by atoms with Gasteiger partial charge in [-0.1, -0.05) is 6.92 Å². The van der Waals surface area contributed by atoms with Crippen molar-refractivity contribution in [3.63, 3.8) is 0 Å². The minimum absolute atomic E-state index is 0.0648. The summed E-state index contributed by atoms with van der Waals surface area (Å²) in [6.07, 6.45) is 0.718. The zero-order valence-electron chi connectivity index (χ0n) is 6.64. The molecule has 0 spiro atoms. The number of likely N-dealkylation sites (N-methyl/N-ethyl adjacent to an activating group) is 1. The number of ketones is 1. The second-order valence-electron chi connectivity index (χ2n) is 1.79. The van der Waals surface area contributed by atoms with Gasteiger partial charge in [-0.25, -0.2) is 0 Å². The Morgan fingerprint density at radius 3 is 2.50 bits per heavy atom. The van der Waals surface area contributed by atoms with Crippen molar-refractivity contribution in [2.75, 3.05) is 7.05 Å². The summed E-state index contributed by atoms with van der Waals surface area (Å²) < 4.78 is 7.08. The molecule has 0 aromatic carbocycles. The Morgan fingerprint density at radius 1 is 2.00 bits per heavy atom. The standard InChI is InChI=1S/C6H13NO/c1-4-6(7-3)5(2)8/h6-7H,4H2,1-3H3/i/hD. The predicted octanol–water partition coefficient (Wildman–Crippen LogP) is 0.573. The summed E-state index contributed by atoms with van der Waals surface area (Å²) in [5.41, 5.74) is 0. The van der Waals surface area contributed by atoms with Crippen LogP contribution in [0.1, 0.15) is 20.3 Å². The van der Waals surface area contributed by atoms with Crippen molar-refractivity contribution < 1.29 is 6.21 Å². The van der Waals surface area contributed by atoms with Gasteiger partial charge in [0.25, 0.3) is 0 Å². The summed E-state index contributed by atoms with van der Waals surface area (Å²) >= 11 is 0. The Bertz CT molecular complexity index is 103. The van der Waals surface area contributed by atoms with Crippen molar-refractivity contribution in [3.8, 4) is 0 Å². The Balaban J connectivity index is 3.83. The third-order valence-corrected chi connectivity index (χ3v) is 1.17. The first-order valence-corrected chi connectivity index (χ1v) is 2.81. The van der Waals surface area contributed by atoms with Gasteiger partial charge in [-0.15, -0.1) is 0 Å². The SMILES string of the molecule is [2H]N(C)C(CC)C(C)=O. The van der Waals surface area contributed by atoms with Crippen LogP contribution in [0.25, 0.3) is 0 Å². The van der Waals surface area contributed by atoms with E-state index in [2.05, 4.69) is 0 Å². The highest BCUT2D eigenvalue weighted by atomic mass is 16.1. The lowest BCUT2D eigenvalue weighted by atomic mass is 10.1. The van der Waals surface area contributed by atoms with Crippen molar-refractivity contribution in [2.24, 2.45) is 0 Å². The van der Waals surface area contributed by atoms with Crippen LogP contribution < -0.4 is 5.31 Å². The van der Waals surface area contributed by atoms with Gasteiger partial charge < -0.3 is 5.31 Å². The molecule has 0 aliphatic heterocycles. The van der Waals surface area contributed by atoms with E-state index in [4.69, 9.17) is 1.41 Å². The van der Waals surface area contributed by atoms with E-state index in [1.165, 1.54) is 12.2 Å². The molecule has 48 valence electrons. The second-order valence-corrected chi connectivity index (χ2v) is 1.79. The normalized spacial score (nSPS) is 15.8. The smallest absolute Gasteiger partial charge is 0.146 e. The Kier molecular flexibility index (Phi) is 2.60. The number of nitrogens with one attached hydrogen (secondary N) is 1. The number of hydrogen-bond acceptors (Lipinski definition) is 2. The molecule has 2 heteroatoms. The van der Waals surface area contributed by atoms with Crippen LogP contribution in [0.3, 0.4) is 0 Å². The summed E-state index contributed by atoms with van der Waals surface area (Å²) in [5.74, 6) is 0.0648. The van der Waals surface area contributed by atoms with Gasteiger partial charge in [0.15, 0.2) is 0 Å². The van der Waals surface area contributed by atoms with Crippen molar-refractivity contribution in [1.82, 2.24) is 5.31 Å². The molecular formula is C6H13NO. The second kappa shape index (κ2) is 3.61. The summed E-state index contributed by atoms with van der Waals surface area (Å²) in [4.78, 5) is 10.7. The average Bonchev–Trinajstić information content (AvgIpc) is 1.64. The fourth-order valence-electron chi connectivity index (χ4n) is 0.652. The molecule has 0 fully saturated rings. The van der Waals surface area contributed by atoms with Crippen molar-refractivity contribution in [3.05, 3.63) is 0 Å². The molecule has 1 N–H and O–H groups in total. The highest BCUT2D eigenvalue weighted by Gasteiger charge is 2.05. The molecule has 1 atom stereocenters. The first-order chi connectivity index (χ1) is 4.09. The first kappa shape index (κ1) is 5.76. The fourth-order valence-corrected chi connectivity index (χ4v) is 0.652. The molecule has 0 amide bonds. The van der Waals surface area contributed by atoms with Crippen LogP contribution in [0.15, 0.2) is 0 Å². The molecule has 1 unspecified atom stereocenters. The van der Waals surface area contributed by atoms with Gasteiger partial charge in [-0.3, -0.25) is 4.79 Å². The molecule has 0 aromatic heterocycles. The number of carbonyl (C=O) groups excluding carboxylic acids is 1. The average molecular weight is 116 g/mol. The lowest BCUT2D eigenvalue weighted by molar-refractivity contribution is -0.118. The van der Waals surface area contributed by atoms with E-state index >= 15 is 0 Å². The van der Waals surface area contributed by atoms with Gasteiger partial charge in [-0.05, 0) is 20.4 Å². The number of rotatable bonds is 3. The van der Waals surface area contributed by atoms with E-state index < -0.39 is 0 Å². The van der Waals surface area contributed by atoms with Crippen molar-refractivity contribution in [1.29, 1.82) is 0 Å². The van der Waals surface area contributed by atoms with Gasteiger partial charge in [0.2, 0.25) is 0 Å². The molecule has 2 nitrogen and oxygen atoms in total. The van der Waals surface area contributed by atoms with Crippen LogP contribution in [0, 0.1) is 0 Å². The Morgan fingerprint density at radius 2 is 2.50 bits per heavy atom. The van der Waals surface area contributed by atoms with Crippen molar-refractivity contribution >= 4 is 5.78 Å². The molecule has 0 bridgehead atoms. The van der Waals surface area contributed by atoms with Crippen LogP contribution in [0.2, 0.25) is 1.41 Å². The van der Waals surface area contributed by atoms with Crippen LogP contribution in [-0.4, -0.2) is 18.9 Å². The number of Topliss-reactive ketones (excluding diaryl/α,β-unsaturated/α-hetero) is 1. The van der Waals surface area contributed by atoms with E-state index in [1.54, 1.807) is 7.05 Å². The van der Waals surface area contributed by atoms with Gasteiger partial charge in [-0.2, -0.15) is 0 Å². The molecule has 0 radical (unpaired) electrons. The molecule has 0 rings (SSSR count). The minimum atomic E-state index is -0.218. The van der Waals surface area contributed by atoms with E-state index in [-0.39, 0.29) is 11.8 Å². The monoisotopic (exact) mass is 116 g/mol. The third kappa shape index (κ3) is 2.07. The van der Waals surface area contributed by atoms with Crippen LogP contribution in [0.5, 0.6) is 0 Å². The summed E-state index contributed by atoms with van der Waals surface area (Å²) in [6.45, 7) is 3.41. The van der Waals surface area contributed by atoms with E-state index in [1.807, 2.05) is 6.92 Å².